The zero-order chi connectivity index (χ0) is 16.1. The van der Waals surface area contributed by atoms with E-state index in [9.17, 15) is 9.59 Å². The van der Waals surface area contributed by atoms with Crippen LogP contribution in [0, 0.1) is 0 Å². The summed E-state index contributed by atoms with van der Waals surface area (Å²) in [7, 11) is 0. The lowest BCUT2D eigenvalue weighted by molar-refractivity contribution is -0.139. The van der Waals surface area contributed by atoms with E-state index in [0.717, 1.165) is 5.56 Å². The molecule has 0 saturated carbocycles. The molecule has 0 unspecified atom stereocenters. The number of benzene rings is 2. The number of rotatable bonds is 5. The molecule has 0 aliphatic carbocycles. The molecular formula is C16H14ClNO4. The van der Waals surface area contributed by atoms with Gasteiger partial charge in [0.1, 0.15) is 5.75 Å². The fraction of sp³-hybridized carbons (Fsp3) is 0.125. The highest BCUT2D eigenvalue weighted by Gasteiger charge is 2.09. The van der Waals surface area contributed by atoms with E-state index in [0.29, 0.717) is 22.0 Å². The summed E-state index contributed by atoms with van der Waals surface area (Å²) in [4.78, 5) is 21.7. The van der Waals surface area contributed by atoms with Gasteiger partial charge in [-0.3, -0.25) is 4.79 Å². The topological polar surface area (TPSA) is 75.6 Å². The second kappa shape index (κ2) is 6.95. The Labute approximate surface area is 132 Å². The molecule has 114 valence electrons. The number of nitrogens with one attached hydrogen (secondary N) is 1. The van der Waals surface area contributed by atoms with E-state index >= 15 is 0 Å². The van der Waals surface area contributed by atoms with Gasteiger partial charge in [0.2, 0.25) is 5.91 Å². The monoisotopic (exact) mass is 319 g/mol. The van der Waals surface area contributed by atoms with Crippen LogP contribution in [-0.4, -0.2) is 23.6 Å². The van der Waals surface area contributed by atoms with E-state index in [1.807, 2.05) is 0 Å². The number of carbonyl (C=O) groups excluding carboxylic acids is 1. The van der Waals surface area contributed by atoms with Gasteiger partial charge in [-0.15, -0.1) is 0 Å². The summed E-state index contributed by atoms with van der Waals surface area (Å²) in [6.45, 7) is 1.00. The Morgan fingerprint density at radius 1 is 1.18 bits per heavy atom. The fourth-order valence-corrected chi connectivity index (χ4v) is 2.10. The normalized spacial score (nSPS) is 10.1. The lowest BCUT2D eigenvalue weighted by Gasteiger charge is -2.11. The first-order valence-corrected chi connectivity index (χ1v) is 6.85. The summed E-state index contributed by atoms with van der Waals surface area (Å²) < 4.78 is 5.27. The van der Waals surface area contributed by atoms with Gasteiger partial charge < -0.3 is 15.2 Å². The minimum absolute atomic E-state index is 0.152. The third kappa shape index (κ3) is 4.23. The average molecular weight is 320 g/mol. The van der Waals surface area contributed by atoms with Gasteiger partial charge >= 0.3 is 5.97 Å². The summed E-state index contributed by atoms with van der Waals surface area (Å²) in [6.07, 6.45) is 0. The second-order valence-corrected chi connectivity index (χ2v) is 5.02. The molecule has 0 aliphatic rings. The smallest absolute Gasteiger partial charge is 0.341 e. The minimum Gasteiger partial charge on any atom is -0.481 e. The van der Waals surface area contributed by atoms with Crippen molar-refractivity contribution < 1.29 is 19.4 Å². The molecule has 0 radical (unpaired) electrons. The quantitative estimate of drug-likeness (QED) is 0.885. The van der Waals surface area contributed by atoms with Gasteiger partial charge in [0.25, 0.3) is 0 Å². The molecule has 0 atom stereocenters. The Morgan fingerprint density at radius 3 is 2.45 bits per heavy atom. The molecule has 0 aromatic heterocycles. The SMILES string of the molecule is CC(=O)Nc1ccc(-c2cc(Cl)ccc2OCC(=O)O)cc1. The number of carboxylic acid groups (broad SMARTS) is 1. The van der Waals surface area contributed by atoms with Crippen LogP contribution < -0.4 is 10.1 Å². The maximum absolute atomic E-state index is 11.0. The highest BCUT2D eigenvalue weighted by atomic mass is 35.5. The van der Waals surface area contributed by atoms with Crippen LogP contribution in [0.5, 0.6) is 5.75 Å². The van der Waals surface area contributed by atoms with E-state index in [1.165, 1.54) is 6.92 Å². The summed E-state index contributed by atoms with van der Waals surface area (Å²) in [6, 6.07) is 12.1. The predicted molar refractivity (Wildman–Crippen MR) is 84.3 cm³/mol. The molecule has 0 fully saturated rings. The van der Waals surface area contributed by atoms with Crippen molar-refractivity contribution in [3.63, 3.8) is 0 Å². The fourth-order valence-electron chi connectivity index (χ4n) is 1.93. The number of anilines is 1. The molecule has 2 aromatic rings. The van der Waals surface area contributed by atoms with Crippen LogP contribution in [0.4, 0.5) is 5.69 Å². The largest absolute Gasteiger partial charge is 0.481 e. The molecule has 0 saturated heterocycles. The first kappa shape index (κ1) is 15.9. The highest BCUT2D eigenvalue weighted by molar-refractivity contribution is 6.31. The summed E-state index contributed by atoms with van der Waals surface area (Å²) in [5.41, 5.74) is 2.16. The zero-order valence-electron chi connectivity index (χ0n) is 11.8. The van der Waals surface area contributed by atoms with Crippen LogP contribution in [0.1, 0.15) is 6.92 Å². The number of amides is 1. The maximum atomic E-state index is 11.0. The molecule has 0 spiro atoms. The summed E-state index contributed by atoms with van der Waals surface area (Å²) in [5, 5.41) is 11.9. The van der Waals surface area contributed by atoms with Gasteiger partial charge in [0.05, 0.1) is 0 Å². The Kier molecular flexibility index (Phi) is 5.01. The molecular weight excluding hydrogens is 306 g/mol. The van der Waals surface area contributed by atoms with Crippen LogP contribution in [0.15, 0.2) is 42.5 Å². The van der Waals surface area contributed by atoms with E-state index in [2.05, 4.69) is 5.32 Å². The third-order valence-electron chi connectivity index (χ3n) is 2.81. The highest BCUT2D eigenvalue weighted by Crippen LogP contribution is 2.33. The second-order valence-electron chi connectivity index (χ2n) is 4.58. The van der Waals surface area contributed by atoms with Crippen molar-refractivity contribution in [1.29, 1.82) is 0 Å². The van der Waals surface area contributed by atoms with Crippen molar-refractivity contribution in [2.45, 2.75) is 6.92 Å². The lowest BCUT2D eigenvalue weighted by atomic mass is 10.0. The van der Waals surface area contributed by atoms with Crippen LogP contribution in [0.3, 0.4) is 0 Å². The van der Waals surface area contributed by atoms with Crippen molar-refractivity contribution in [1.82, 2.24) is 0 Å². The molecule has 2 N–H and O–H groups in total. The van der Waals surface area contributed by atoms with Gasteiger partial charge in [-0.1, -0.05) is 23.7 Å². The Balaban J connectivity index is 2.31. The first-order chi connectivity index (χ1) is 10.5. The summed E-state index contributed by atoms with van der Waals surface area (Å²) >= 11 is 6.00. The number of carboxylic acids is 1. The number of hydrogen-bond donors (Lipinski definition) is 2. The molecule has 1 amide bonds. The summed E-state index contributed by atoms with van der Waals surface area (Å²) in [5.74, 6) is -0.776. The third-order valence-corrected chi connectivity index (χ3v) is 3.04. The van der Waals surface area contributed by atoms with Crippen LogP contribution in [0.2, 0.25) is 5.02 Å². The van der Waals surface area contributed by atoms with Crippen molar-refractivity contribution >= 4 is 29.2 Å². The zero-order valence-corrected chi connectivity index (χ0v) is 12.6. The minimum atomic E-state index is -1.05. The van der Waals surface area contributed by atoms with E-state index < -0.39 is 12.6 Å². The Morgan fingerprint density at radius 2 is 1.86 bits per heavy atom. The lowest BCUT2D eigenvalue weighted by Crippen LogP contribution is -2.10. The molecule has 6 heteroatoms. The number of carbonyl (C=O) groups is 2. The van der Waals surface area contributed by atoms with Crippen molar-refractivity contribution in [2.24, 2.45) is 0 Å². The number of halogens is 1. The molecule has 2 aromatic carbocycles. The van der Waals surface area contributed by atoms with Crippen LogP contribution in [0.25, 0.3) is 11.1 Å². The van der Waals surface area contributed by atoms with Crippen LogP contribution >= 0.6 is 11.6 Å². The standard InChI is InChI=1S/C16H14ClNO4/c1-10(19)18-13-5-2-11(3-6-13)14-8-12(17)4-7-15(14)22-9-16(20)21/h2-8H,9H2,1H3,(H,18,19)(H,20,21). The Bertz CT molecular complexity index is 698. The van der Waals surface area contributed by atoms with E-state index in [-0.39, 0.29) is 5.91 Å². The Hall–Kier alpha value is -2.53. The van der Waals surface area contributed by atoms with Crippen molar-refractivity contribution in [3.8, 4) is 16.9 Å². The average Bonchev–Trinajstić information content (AvgIpc) is 2.46. The van der Waals surface area contributed by atoms with Gasteiger partial charge in [-0.2, -0.15) is 0 Å². The molecule has 22 heavy (non-hydrogen) atoms. The van der Waals surface area contributed by atoms with Gasteiger partial charge in [-0.05, 0) is 35.9 Å². The predicted octanol–water partition coefficient (Wildman–Crippen LogP) is 3.43. The molecule has 0 bridgehead atoms. The number of ether oxygens (including phenoxy) is 1. The molecule has 5 nitrogen and oxygen atoms in total. The number of hydrogen-bond acceptors (Lipinski definition) is 3. The van der Waals surface area contributed by atoms with Crippen LogP contribution in [-0.2, 0) is 9.59 Å². The van der Waals surface area contributed by atoms with E-state index in [4.69, 9.17) is 21.4 Å². The molecule has 2 rings (SSSR count). The van der Waals surface area contributed by atoms with Gasteiger partial charge in [0.15, 0.2) is 6.61 Å². The maximum Gasteiger partial charge on any atom is 0.341 e. The van der Waals surface area contributed by atoms with Gasteiger partial charge in [-0.25, -0.2) is 4.79 Å². The van der Waals surface area contributed by atoms with Crippen molar-refractivity contribution in [3.05, 3.63) is 47.5 Å². The number of aliphatic carboxylic acids is 1. The molecule has 0 heterocycles. The first-order valence-electron chi connectivity index (χ1n) is 6.48. The molecule has 0 aliphatic heterocycles. The van der Waals surface area contributed by atoms with Gasteiger partial charge in [0, 0.05) is 23.2 Å². The van der Waals surface area contributed by atoms with E-state index in [1.54, 1.807) is 42.5 Å². The van der Waals surface area contributed by atoms with Crippen molar-refractivity contribution in [2.75, 3.05) is 11.9 Å².